The van der Waals surface area contributed by atoms with E-state index in [1.165, 1.54) is 12.8 Å². The first-order chi connectivity index (χ1) is 9.98. The molecule has 1 aliphatic carbocycles. The van der Waals surface area contributed by atoms with Gasteiger partial charge in [0.1, 0.15) is 11.6 Å². The van der Waals surface area contributed by atoms with Crippen LogP contribution in [-0.4, -0.2) is 58.2 Å². The Kier molecular flexibility index (Phi) is 4.03. The number of hydrogen-bond donors (Lipinski definition) is 0. The third-order valence-electron chi connectivity index (χ3n) is 4.21. The second-order valence-electron chi connectivity index (χ2n) is 6.93. The minimum Gasteiger partial charge on any atom is -0.382 e. The molecule has 0 unspecified atom stereocenters. The Hall–Kier alpha value is -0.980. The third kappa shape index (κ3) is 3.44. The summed E-state index contributed by atoms with van der Waals surface area (Å²) in [7, 11) is 3.81. The van der Waals surface area contributed by atoms with Gasteiger partial charge in [-0.05, 0) is 26.7 Å². The minimum atomic E-state index is -0.153. The van der Waals surface area contributed by atoms with Crippen LogP contribution in [0.15, 0.2) is 0 Å². The molecule has 0 bridgehead atoms. The fraction of sp³-hybridized carbons (Fsp3) is 0.867. The van der Waals surface area contributed by atoms with Crippen molar-refractivity contribution < 1.29 is 9.47 Å². The van der Waals surface area contributed by atoms with Gasteiger partial charge in [-0.15, -0.1) is 10.2 Å². The molecular weight excluding hydrogens is 268 g/mol. The maximum absolute atomic E-state index is 6.06. The van der Waals surface area contributed by atoms with Gasteiger partial charge in [0, 0.05) is 33.2 Å². The van der Waals surface area contributed by atoms with Crippen LogP contribution in [0.5, 0.6) is 0 Å². The van der Waals surface area contributed by atoms with Gasteiger partial charge >= 0.3 is 0 Å². The van der Waals surface area contributed by atoms with E-state index < -0.39 is 0 Å². The van der Waals surface area contributed by atoms with Gasteiger partial charge in [-0.3, -0.25) is 4.90 Å². The standard InChI is InChI=1S/C15H26N4O2/c1-15(2)10-19(7-12(21-15)9-20-4)8-13-16-17-14(18(13)3)11-5-6-11/h11-12H,5-10H2,1-4H3/t12-/m1/s1. The van der Waals surface area contributed by atoms with Crippen molar-refractivity contribution in [1.29, 1.82) is 0 Å². The summed E-state index contributed by atoms with van der Waals surface area (Å²) in [6, 6.07) is 0. The van der Waals surface area contributed by atoms with E-state index in [1.54, 1.807) is 7.11 Å². The Morgan fingerprint density at radius 2 is 2.10 bits per heavy atom. The first-order valence-corrected chi connectivity index (χ1v) is 7.76. The van der Waals surface area contributed by atoms with Crippen molar-refractivity contribution in [3.8, 4) is 0 Å². The van der Waals surface area contributed by atoms with E-state index in [9.17, 15) is 0 Å². The Labute approximate surface area is 126 Å². The molecule has 2 heterocycles. The Bertz CT molecular complexity index is 496. The van der Waals surface area contributed by atoms with Crippen molar-refractivity contribution in [2.24, 2.45) is 7.05 Å². The third-order valence-corrected chi connectivity index (χ3v) is 4.21. The number of hydrogen-bond acceptors (Lipinski definition) is 5. The van der Waals surface area contributed by atoms with Crippen LogP contribution < -0.4 is 0 Å². The number of aromatic nitrogens is 3. The van der Waals surface area contributed by atoms with Gasteiger partial charge < -0.3 is 14.0 Å². The molecule has 2 aliphatic rings. The van der Waals surface area contributed by atoms with Crippen LogP contribution in [0.1, 0.15) is 44.3 Å². The Balaban J connectivity index is 1.68. The van der Waals surface area contributed by atoms with E-state index in [0.717, 1.165) is 31.3 Å². The van der Waals surface area contributed by atoms with Gasteiger partial charge in [0.25, 0.3) is 0 Å². The predicted molar refractivity (Wildman–Crippen MR) is 79.1 cm³/mol. The number of rotatable bonds is 5. The summed E-state index contributed by atoms with van der Waals surface area (Å²) >= 11 is 0. The SMILES string of the molecule is COC[C@H]1CN(Cc2nnc(C3CC3)n2C)CC(C)(C)O1. The molecular formula is C15H26N4O2. The van der Waals surface area contributed by atoms with Crippen molar-refractivity contribution >= 4 is 0 Å². The fourth-order valence-corrected chi connectivity index (χ4v) is 3.22. The molecule has 1 aromatic heterocycles. The molecule has 0 radical (unpaired) electrons. The van der Waals surface area contributed by atoms with Crippen LogP contribution in [-0.2, 0) is 23.1 Å². The van der Waals surface area contributed by atoms with Crippen LogP contribution in [0.4, 0.5) is 0 Å². The molecule has 1 saturated heterocycles. The normalized spacial score (nSPS) is 26.2. The fourth-order valence-electron chi connectivity index (χ4n) is 3.22. The molecule has 6 heteroatoms. The second kappa shape index (κ2) is 5.66. The molecule has 3 rings (SSSR count). The van der Waals surface area contributed by atoms with Gasteiger partial charge in [0.15, 0.2) is 0 Å². The predicted octanol–water partition coefficient (Wildman–Crippen LogP) is 1.32. The molecule has 6 nitrogen and oxygen atoms in total. The smallest absolute Gasteiger partial charge is 0.146 e. The summed E-state index contributed by atoms with van der Waals surface area (Å²) < 4.78 is 13.5. The Morgan fingerprint density at radius 3 is 2.76 bits per heavy atom. The van der Waals surface area contributed by atoms with Crippen LogP contribution in [0, 0.1) is 0 Å². The molecule has 118 valence electrons. The van der Waals surface area contributed by atoms with Gasteiger partial charge in [-0.2, -0.15) is 0 Å². The highest BCUT2D eigenvalue weighted by molar-refractivity contribution is 5.08. The average Bonchev–Trinajstić information content (AvgIpc) is 3.15. The first kappa shape index (κ1) is 14.9. The maximum atomic E-state index is 6.06. The lowest BCUT2D eigenvalue weighted by atomic mass is 10.1. The summed E-state index contributed by atoms with van der Waals surface area (Å²) in [4.78, 5) is 2.40. The van der Waals surface area contributed by atoms with E-state index in [-0.39, 0.29) is 11.7 Å². The molecule has 1 saturated carbocycles. The summed E-state index contributed by atoms with van der Waals surface area (Å²) in [5, 5.41) is 8.75. The first-order valence-electron chi connectivity index (χ1n) is 7.76. The number of ether oxygens (including phenoxy) is 2. The molecule has 21 heavy (non-hydrogen) atoms. The minimum absolute atomic E-state index is 0.120. The zero-order valence-corrected chi connectivity index (χ0v) is 13.5. The molecule has 0 aromatic carbocycles. The molecule has 0 spiro atoms. The van der Waals surface area contributed by atoms with Crippen molar-refractivity contribution in [2.75, 3.05) is 26.8 Å². The molecule has 0 N–H and O–H groups in total. The quantitative estimate of drug-likeness (QED) is 0.820. The van der Waals surface area contributed by atoms with E-state index >= 15 is 0 Å². The van der Waals surface area contributed by atoms with E-state index in [0.29, 0.717) is 12.5 Å². The van der Waals surface area contributed by atoms with Gasteiger partial charge in [0.05, 0.1) is 24.9 Å². The van der Waals surface area contributed by atoms with Crippen molar-refractivity contribution in [3.63, 3.8) is 0 Å². The summed E-state index contributed by atoms with van der Waals surface area (Å²) in [5.74, 6) is 2.83. The largest absolute Gasteiger partial charge is 0.382 e. The number of methoxy groups -OCH3 is 1. The lowest BCUT2D eigenvalue weighted by molar-refractivity contribution is -0.154. The molecule has 1 aromatic rings. The number of morpholine rings is 1. The summed E-state index contributed by atoms with van der Waals surface area (Å²) in [6.07, 6.45) is 2.63. The second-order valence-corrected chi connectivity index (χ2v) is 6.93. The Morgan fingerprint density at radius 1 is 1.33 bits per heavy atom. The summed E-state index contributed by atoms with van der Waals surface area (Å²) in [5.41, 5.74) is -0.153. The van der Waals surface area contributed by atoms with Crippen LogP contribution >= 0.6 is 0 Å². The van der Waals surface area contributed by atoms with Crippen molar-refractivity contribution in [2.45, 2.75) is 50.9 Å². The lowest BCUT2D eigenvalue weighted by Crippen LogP contribution is -2.53. The maximum Gasteiger partial charge on any atom is 0.146 e. The molecule has 0 amide bonds. The van der Waals surface area contributed by atoms with E-state index in [4.69, 9.17) is 9.47 Å². The van der Waals surface area contributed by atoms with Crippen molar-refractivity contribution in [1.82, 2.24) is 19.7 Å². The number of nitrogens with zero attached hydrogens (tertiary/aromatic N) is 4. The molecule has 1 atom stereocenters. The monoisotopic (exact) mass is 294 g/mol. The highest BCUT2D eigenvalue weighted by atomic mass is 16.5. The lowest BCUT2D eigenvalue weighted by Gasteiger charge is -2.42. The highest BCUT2D eigenvalue weighted by Crippen LogP contribution is 2.38. The van der Waals surface area contributed by atoms with Crippen LogP contribution in [0.2, 0.25) is 0 Å². The van der Waals surface area contributed by atoms with Crippen LogP contribution in [0.3, 0.4) is 0 Å². The summed E-state index contributed by atoms with van der Waals surface area (Å²) in [6.45, 7) is 7.50. The van der Waals surface area contributed by atoms with Crippen molar-refractivity contribution in [3.05, 3.63) is 11.6 Å². The van der Waals surface area contributed by atoms with E-state index in [1.807, 2.05) is 0 Å². The zero-order chi connectivity index (χ0) is 15.0. The van der Waals surface area contributed by atoms with Gasteiger partial charge in [-0.1, -0.05) is 0 Å². The van der Waals surface area contributed by atoms with E-state index in [2.05, 4.69) is 40.6 Å². The van der Waals surface area contributed by atoms with Gasteiger partial charge in [-0.25, -0.2) is 0 Å². The van der Waals surface area contributed by atoms with Gasteiger partial charge in [0.2, 0.25) is 0 Å². The topological polar surface area (TPSA) is 52.4 Å². The molecule has 1 aliphatic heterocycles. The average molecular weight is 294 g/mol. The molecule has 2 fully saturated rings. The highest BCUT2D eigenvalue weighted by Gasteiger charge is 2.34. The van der Waals surface area contributed by atoms with Crippen LogP contribution in [0.25, 0.3) is 0 Å². The zero-order valence-electron chi connectivity index (χ0n) is 13.5.